The Balaban J connectivity index is 3.49. The van der Waals surface area contributed by atoms with E-state index in [1.54, 1.807) is 0 Å². The maximum Gasteiger partial charge on any atom is 0.248 e. The van der Waals surface area contributed by atoms with Gasteiger partial charge in [-0.3, -0.25) is 4.79 Å². The number of nitrogens with zero attached hydrogens (tertiary/aromatic N) is 1. The number of hydrogen-bond acceptors (Lipinski definition) is 2. The highest BCUT2D eigenvalue weighted by Gasteiger charge is 1.83. The molecule has 1 amide bonds. The van der Waals surface area contributed by atoms with E-state index in [0.29, 0.717) is 0 Å². The Hall–Kier alpha value is -1.38. The first-order chi connectivity index (χ1) is 4.31. The van der Waals surface area contributed by atoms with E-state index in [0.717, 1.165) is 6.08 Å². The number of hydrogen-bond donors (Lipinski definition) is 1. The molecule has 48 valence electrons. The number of carbonyl (C=O) groups excluding carboxylic acids is 1. The maximum absolute atomic E-state index is 10.3. The molecule has 0 saturated carbocycles. The standard InChI is InChI=1S/C6H8N2O/c1-3-6(9)8-5-7-4-2/h3-5H,1-2H2,(H,7,8,9). The van der Waals surface area contributed by atoms with Crippen molar-refractivity contribution in [1.82, 2.24) is 5.32 Å². The van der Waals surface area contributed by atoms with Crippen molar-refractivity contribution >= 4 is 12.2 Å². The van der Waals surface area contributed by atoms with Crippen molar-refractivity contribution < 1.29 is 4.79 Å². The topological polar surface area (TPSA) is 41.5 Å². The molecule has 0 bridgehead atoms. The summed E-state index contributed by atoms with van der Waals surface area (Å²) in [7, 11) is 0. The molecule has 0 aliphatic carbocycles. The van der Waals surface area contributed by atoms with E-state index in [2.05, 4.69) is 23.5 Å². The van der Waals surface area contributed by atoms with Gasteiger partial charge in [-0.15, -0.1) is 0 Å². The summed E-state index contributed by atoms with van der Waals surface area (Å²) in [5.74, 6) is -0.277. The van der Waals surface area contributed by atoms with Gasteiger partial charge in [-0.1, -0.05) is 13.2 Å². The van der Waals surface area contributed by atoms with E-state index in [-0.39, 0.29) is 5.91 Å². The van der Waals surface area contributed by atoms with Crippen LogP contribution >= 0.6 is 0 Å². The Labute approximate surface area is 53.8 Å². The third-order valence-corrected chi connectivity index (χ3v) is 0.572. The molecule has 3 heteroatoms. The molecule has 9 heavy (non-hydrogen) atoms. The lowest BCUT2D eigenvalue weighted by Crippen LogP contribution is -2.17. The fraction of sp³-hybridized carbons (Fsp3) is 0. The van der Waals surface area contributed by atoms with Crippen molar-refractivity contribution in [3.8, 4) is 0 Å². The Morgan fingerprint density at radius 2 is 2.22 bits per heavy atom. The van der Waals surface area contributed by atoms with Crippen LogP contribution in [0.25, 0.3) is 0 Å². The average molecular weight is 124 g/mol. The van der Waals surface area contributed by atoms with Crippen LogP contribution in [0, 0.1) is 0 Å². The fourth-order valence-corrected chi connectivity index (χ4v) is 0.213. The van der Waals surface area contributed by atoms with E-state index in [9.17, 15) is 4.79 Å². The van der Waals surface area contributed by atoms with Crippen LogP contribution < -0.4 is 5.32 Å². The number of nitrogens with one attached hydrogen (secondary N) is 1. The van der Waals surface area contributed by atoms with Crippen LogP contribution in [-0.2, 0) is 4.79 Å². The zero-order valence-electron chi connectivity index (χ0n) is 5.00. The minimum absolute atomic E-state index is 0.277. The van der Waals surface area contributed by atoms with Crippen molar-refractivity contribution in [2.75, 3.05) is 0 Å². The Morgan fingerprint density at radius 1 is 1.56 bits per heavy atom. The summed E-state index contributed by atoms with van der Waals surface area (Å²) < 4.78 is 0. The van der Waals surface area contributed by atoms with E-state index < -0.39 is 0 Å². The van der Waals surface area contributed by atoms with Crippen LogP contribution in [0.5, 0.6) is 0 Å². The Bertz CT molecular complexity index is 149. The quantitative estimate of drug-likeness (QED) is 0.331. The molecule has 0 atom stereocenters. The lowest BCUT2D eigenvalue weighted by molar-refractivity contribution is -0.115. The molecular formula is C6H8N2O. The third kappa shape index (κ3) is 4.47. The van der Waals surface area contributed by atoms with Crippen LogP contribution in [0.2, 0.25) is 0 Å². The minimum atomic E-state index is -0.277. The summed E-state index contributed by atoms with van der Waals surface area (Å²) in [5, 5.41) is 2.31. The molecule has 0 aliphatic rings. The maximum atomic E-state index is 10.3. The van der Waals surface area contributed by atoms with Gasteiger partial charge in [-0.25, -0.2) is 4.99 Å². The van der Waals surface area contributed by atoms with E-state index in [4.69, 9.17) is 0 Å². The highest BCUT2D eigenvalue weighted by atomic mass is 16.1. The van der Waals surface area contributed by atoms with Crippen molar-refractivity contribution in [2.45, 2.75) is 0 Å². The first-order valence-electron chi connectivity index (χ1n) is 2.36. The van der Waals surface area contributed by atoms with Gasteiger partial charge >= 0.3 is 0 Å². The van der Waals surface area contributed by atoms with Gasteiger partial charge in [0.25, 0.3) is 0 Å². The van der Waals surface area contributed by atoms with Crippen LogP contribution in [0.3, 0.4) is 0 Å². The molecule has 1 N–H and O–H groups in total. The smallest absolute Gasteiger partial charge is 0.248 e. The predicted octanol–water partition coefficient (Wildman–Crippen LogP) is 0.460. The lowest BCUT2D eigenvalue weighted by Gasteiger charge is -1.86. The number of carbonyl (C=O) groups is 1. The first kappa shape index (κ1) is 7.62. The number of aliphatic imine (C=N–C) groups is 1. The van der Waals surface area contributed by atoms with Crippen LogP contribution in [0.4, 0.5) is 0 Å². The molecule has 0 aliphatic heterocycles. The summed E-state index contributed by atoms with van der Waals surface area (Å²) in [5.41, 5.74) is 0. The van der Waals surface area contributed by atoms with Gasteiger partial charge < -0.3 is 5.32 Å². The Kier molecular flexibility index (Phi) is 4.04. The summed E-state index contributed by atoms with van der Waals surface area (Å²) in [4.78, 5) is 13.9. The molecule has 0 saturated heterocycles. The SMILES string of the molecule is C=CN=CNC(=O)C=C. The van der Waals surface area contributed by atoms with Gasteiger partial charge in [0.05, 0.1) is 6.34 Å². The van der Waals surface area contributed by atoms with Crippen molar-refractivity contribution in [3.63, 3.8) is 0 Å². The Morgan fingerprint density at radius 3 is 2.67 bits per heavy atom. The highest BCUT2D eigenvalue weighted by molar-refractivity contribution is 5.95. The zero-order valence-corrected chi connectivity index (χ0v) is 5.00. The third-order valence-electron chi connectivity index (χ3n) is 0.572. The van der Waals surface area contributed by atoms with Gasteiger partial charge in [-0.05, 0) is 6.08 Å². The summed E-state index contributed by atoms with van der Waals surface area (Å²) in [6.45, 7) is 6.55. The highest BCUT2D eigenvalue weighted by Crippen LogP contribution is 1.63. The molecule has 0 heterocycles. The summed E-state index contributed by atoms with van der Waals surface area (Å²) in [6, 6.07) is 0. The second kappa shape index (κ2) is 4.77. The summed E-state index contributed by atoms with van der Waals surface area (Å²) >= 11 is 0. The molecule has 0 rings (SSSR count). The van der Waals surface area contributed by atoms with E-state index in [1.807, 2.05) is 0 Å². The van der Waals surface area contributed by atoms with Crippen molar-refractivity contribution in [2.24, 2.45) is 4.99 Å². The number of amides is 1. The monoisotopic (exact) mass is 124 g/mol. The molecule has 0 fully saturated rings. The van der Waals surface area contributed by atoms with Gasteiger partial charge in [0.15, 0.2) is 0 Å². The zero-order chi connectivity index (χ0) is 7.11. The molecule has 0 aromatic carbocycles. The lowest BCUT2D eigenvalue weighted by atomic mass is 10.6. The van der Waals surface area contributed by atoms with E-state index >= 15 is 0 Å². The van der Waals surface area contributed by atoms with Crippen LogP contribution in [0.15, 0.2) is 30.4 Å². The predicted molar refractivity (Wildman–Crippen MR) is 37.0 cm³/mol. The second-order valence-corrected chi connectivity index (χ2v) is 1.17. The van der Waals surface area contributed by atoms with Gasteiger partial charge in [-0.2, -0.15) is 0 Å². The normalized spacial score (nSPS) is 8.89. The number of rotatable bonds is 3. The van der Waals surface area contributed by atoms with Gasteiger partial charge in [0, 0.05) is 6.20 Å². The molecule has 0 unspecified atom stereocenters. The fourth-order valence-electron chi connectivity index (χ4n) is 0.213. The minimum Gasteiger partial charge on any atom is -0.313 e. The van der Waals surface area contributed by atoms with Gasteiger partial charge in [0.1, 0.15) is 0 Å². The molecule has 0 aromatic heterocycles. The molecule has 3 nitrogen and oxygen atoms in total. The average Bonchev–Trinajstić information content (AvgIpc) is 1.89. The van der Waals surface area contributed by atoms with Crippen LogP contribution in [0.1, 0.15) is 0 Å². The van der Waals surface area contributed by atoms with Crippen molar-refractivity contribution in [3.05, 3.63) is 25.4 Å². The molecule has 0 aromatic rings. The first-order valence-corrected chi connectivity index (χ1v) is 2.36. The van der Waals surface area contributed by atoms with Gasteiger partial charge in [0.2, 0.25) is 5.91 Å². The second-order valence-electron chi connectivity index (χ2n) is 1.17. The summed E-state index contributed by atoms with van der Waals surface area (Å²) in [6.07, 6.45) is 3.73. The van der Waals surface area contributed by atoms with E-state index in [1.165, 1.54) is 12.5 Å². The largest absolute Gasteiger partial charge is 0.313 e. The van der Waals surface area contributed by atoms with Crippen molar-refractivity contribution in [1.29, 1.82) is 0 Å². The molecule has 0 radical (unpaired) electrons. The molecular weight excluding hydrogens is 116 g/mol. The van der Waals surface area contributed by atoms with Crippen LogP contribution in [-0.4, -0.2) is 12.2 Å². The molecule has 0 spiro atoms.